The lowest BCUT2D eigenvalue weighted by molar-refractivity contribution is 0.0334. The van der Waals surface area contributed by atoms with E-state index >= 15 is 0 Å². The third-order valence-electron chi connectivity index (χ3n) is 2.46. The Bertz CT molecular complexity index is 646. The van der Waals surface area contributed by atoms with Gasteiger partial charge in [0.1, 0.15) is 10.7 Å². The van der Waals surface area contributed by atoms with Crippen molar-refractivity contribution in [2.75, 3.05) is 0 Å². The molecule has 0 aliphatic heterocycles. The molecule has 0 bridgehead atoms. The van der Waals surface area contributed by atoms with Crippen molar-refractivity contribution in [2.45, 2.75) is 31.3 Å². The maximum Gasteiger partial charge on any atom is 0.340 e. The highest BCUT2D eigenvalue weighted by atomic mass is 35.7. The third kappa shape index (κ3) is 3.75. The average Bonchev–Trinajstić information content (AvgIpc) is 2.31. The van der Waals surface area contributed by atoms with Crippen molar-refractivity contribution in [1.82, 2.24) is 0 Å². The number of hydrogen-bond donors (Lipinski definition) is 0. The molecule has 0 fully saturated rings. The SMILES string of the molecule is CCC(C)OC(=O)c1cc(F)c(Cl)c(S(=O)(=O)Cl)c1Cl. The summed E-state index contributed by atoms with van der Waals surface area (Å²) in [6.07, 6.45) is 0.0912. The quantitative estimate of drug-likeness (QED) is 0.460. The molecule has 1 atom stereocenters. The summed E-state index contributed by atoms with van der Waals surface area (Å²) in [4.78, 5) is 11.0. The molecule has 112 valence electrons. The van der Waals surface area contributed by atoms with Gasteiger partial charge in [0, 0.05) is 10.7 Å². The molecule has 0 saturated carbocycles. The van der Waals surface area contributed by atoms with Crippen molar-refractivity contribution in [2.24, 2.45) is 0 Å². The summed E-state index contributed by atoms with van der Waals surface area (Å²) in [6.45, 7) is 3.40. The summed E-state index contributed by atoms with van der Waals surface area (Å²) in [7, 11) is 0.719. The van der Waals surface area contributed by atoms with Crippen LogP contribution in [-0.4, -0.2) is 20.5 Å². The van der Waals surface area contributed by atoms with Gasteiger partial charge in [0.2, 0.25) is 0 Å². The molecule has 0 heterocycles. The summed E-state index contributed by atoms with van der Waals surface area (Å²) in [6, 6.07) is 0.709. The summed E-state index contributed by atoms with van der Waals surface area (Å²) < 4.78 is 41.3. The van der Waals surface area contributed by atoms with Crippen LogP contribution in [0.2, 0.25) is 10.0 Å². The van der Waals surface area contributed by atoms with E-state index in [1.54, 1.807) is 13.8 Å². The van der Waals surface area contributed by atoms with E-state index in [0.717, 1.165) is 0 Å². The molecule has 0 saturated heterocycles. The Morgan fingerprint density at radius 3 is 2.40 bits per heavy atom. The highest BCUT2D eigenvalue weighted by Gasteiger charge is 2.28. The van der Waals surface area contributed by atoms with Crippen LogP contribution < -0.4 is 0 Å². The highest BCUT2D eigenvalue weighted by Crippen LogP contribution is 2.36. The van der Waals surface area contributed by atoms with Crippen molar-refractivity contribution < 1.29 is 22.3 Å². The van der Waals surface area contributed by atoms with Crippen LogP contribution in [-0.2, 0) is 13.8 Å². The number of halogens is 4. The van der Waals surface area contributed by atoms with Gasteiger partial charge in [-0.25, -0.2) is 17.6 Å². The molecule has 1 unspecified atom stereocenters. The van der Waals surface area contributed by atoms with Gasteiger partial charge < -0.3 is 4.74 Å². The van der Waals surface area contributed by atoms with Gasteiger partial charge in [-0.1, -0.05) is 30.1 Å². The second-order valence-corrected chi connectivity index (χ2v) is 7.18. The monoisotopic (exact) mass is 362 g/mol. The zero-order chi connectivity index (χ0) is 15.7. The molecular formula is C11H10Cl3FO4S. The van der Waals surface area contributed by atoms with Crippen molar-refractivity contribution >= 4 is 48.9 Å². The highest BCUT2D eigenvalue weighted by molar-refractivity contribution is 8.14. The first-order valence-electron chi connectivity index (χ1n) is 5.42. The van der Waals surface area contributed by atoms with E-state index in [9.17, 15) is 17.6 Å². The van der Waals surface area contributed by atoms with Crippen LogP contribution in [0, 0.1) is 5.82 Å². The maximum absolute atomic E-state index is 13.6. The predicted molar refractivity (Wildman–Crippen MR) is 74.6 cm³/mol. The van der Waals surface area contributed by atoms with Crippen molar-refractivity contribution in [3.63, 3.8) is 0 Å². The van der Waals surface area contributed by atoms with Gasteiger partial charge in [0.15, 0.2) is 0 Å². The molecule has 0 aliphatic carbocycles. The maximum atomic E-state index is 13.6. The van der Waals surface area contributed by atoms with E-state index in [4.69, 9.17) is 38.6 Å². The lowest BCUT2D eigenvalue weighted by atomic mass is 10.2. The molecule has 20 heavy (non-hydrogen) atoms. The topological polar surface area (TPSA) is 60.4 Å². The number of ether oxygens (including phenoxy) is 1. The van der Waals surface area contributed by atoms with Gasteiger partial charge >= 0.3 is 5.97 Å². The van der Waals surface area contributed by atoms with Crippen LogP contribution in [0.15, 0.2) is 11.0 Å². The van der Waals surface area contributed by atoms with Crippen LogP contribution in [0.25, 0.3) is 0 Å². The Kier molecular flexibility index (Phi) is 5.66. The normalized spacial score (nSPS) is 13.1. The van der Waals surface area contributed by atoms with E-state index in [0.29, 0.717) is 12.5 Å². The molecule has 0 radical (unpaired) electrons. The van der Waals surface area contributed by atoms with Crippen LogP contribution in [0.1, 0.15) is 30.6 Å². The predicted octanol–water partition coefficient (Wildman–Crippen LogP) is 4.02. The summed E-state index contributed by atoms with van der Waals surface area (Å²) in [5.41, 5.74) is -0.451. The summed E-state index contributed by atoms with van der Waals surface area (Å²) in [5.74, 6) is -2.09. The molecule has 1 aromatic carbocycles. The van der Waals surface area contributed by atoms with Crippen LogP contribution in [0.3, 0.4) is 0 Å². The van der Waals surface area contributed by atoms with Gasteiger partial charge in [-0.05, 0) is 19.4 Å². The van der Waals surface area contributed by atoms with Gasteiger partial charge in [-0.3, -0.25) is 0 Å². The van der Waals surface area contributed by atoms with E-state index in [2.05, 4.69) is 0 Å². The molecule has 4 nitrogen and oxygen atoms in total. The minimum atomic E-state index is -4.42. The van der Waals surface area contributed by atoms with E-state index < -0.39 is 47.4 Å². The molecular weight excluding hydrogens is 354 g/mol. The Morgan fingerprint density at radius 1 is 1.40 bits per heavy atom. The lowest BCUT2D eigenvalue weighted by Gasteiger charge is -2.13. The zero-order valence-electron chi connectivity index (χ0n) is 10.4. The van der Waals surface area contributed by atoms with Crippen LogP contribution in [0.4, 0.5) is 4.39 Å². The minimum Gasteiger partial charge on any atom is -0.459 e. The molecule has 0 amide bonds. The standard InChI is InChI=1S/C11H10Cl3FO4S/c1-3-5(2)19-11(16)6-4-7(15)9(13)10(8(6)12)20(14,17)18/h4-5H,3H2,1-2H3. The first-order valence-corrected chi connectivity index (χ1v) is 8.49. The van der Waals surface area contributed by atoms with Gasteiger partial charge in [0.05, 0.1) is 21.7 Å². The van der Waals surface area contributed by atoms with Crippen molar-refractivity contribution in [1.29, 1.82) is 0 Å². The summed E-state index contributed by atoms with van der Waals surface area (Å²) in [5, 5.41) is -1.34. The second-order valence-electron chi connectivity index (χ2n) is 3.93. The smallest absolute Gasteiger partial charge is 0.340 e. The number of rotatable bonds is 4. The average molecular weight is 364 g/mol. The van der Waals surface area contributed by atoms with Gasteiger partial charge in [-0.2, -0.15) is 0 Å². The van der Waals surface area contributed by atoms with Crippen molar-refractivity contribution in [3.8, 4) is 0 Å². The first-order chi connectivity index (χ1) is 9.09. The molecule has 1 aromatic rings. The Hall–Kier alpha value is -0.560. The molecule has 9 heteroatoms. The van der Waals surface area contributed by atoms with Crippen LogP contribution in [0.5, 0.6) is 0 Å². The molecule has 0 N–H and O–H groups in total. The molecule has 0 aromatic heterocycles. The van der Waals surface area contributed by atoms with E-state index in [1.165, 1.54) is 0 Å². The number of carbonyl (C=O) groups excluding carboxylic acids is 1. The first kappa shape index (κ1) is 17.5. The number of hydrogen-bond acceptors (Lipinski definition) is 4. The molecule has 0 aliphatic rings. The number of esters is 1. The summed E-state index contributed by atoms with van der Waals surface area (Å²) >= 11 is 11.3. The fourth-order valence-electron chi connectivity index (χ4n) is 1.27. The third-order valence-corrected chi connectivity index (χ3v) is 4.81. The lowest BCUT2D eigenvalue weighted by Crippen LogP contribution is -2.15. The Labute approximate surface area is 130 Å². The Morgan fingerprint density at radius 2 is 1.95 bits per heavy atom. The van der Waals surface area contributed by atoms with E-state index in [-0.39, 0.29) is 0 Å². The molecule has 0 spiro atoms. The largest absolute Gasteiger partial charge is 0.459 e. The Balaban J connectivity index is 3.44. The fourth-order valence-corrected chi connectivity index (χ4v) is 3.64. The van der Waals surface area contributed by atoms with Crippen LogP contribution >= 0.6 is 33.9 Å². The minimum absolute atomic E-state index is 0.437. The van der Waals surface area contributed by atoms with Gasteiger partial charge in [-0.15, -0.1) is 0 Å². The molecule has 1 rings (SSSR count). The number of carbonyl (C=O) groups is 1. The van der Waals surface area contributed by atoms with E-state index in [1.807, 2.05) is 0 Å². The second kappa shape index (κ2) is 6.47. The van der Waals surface area contributed by atoms with Crippen molar-refractivity contribution in [3.05, 3.63) is 27.5 Å². The van der Waals surface area contributed by atoms with Gasteiger partial charge in [0.25, 0.3) is 9.05 Å². The zero-order valence-corrected chi connectivity index (χ0v) is 13.5. The number of benzene rings is 1. The fraction of sp³-hybridized carbons (Fsp3) is 0.364.